The van der Waals surface area contributed by atoms with E-state index >= 15 is 0 Å². The van der Waals surface area contributed by atoms with Crippen LogP contribution in [-0.2, 0) is 31.5 Å². The number of anilines is 1. The van der Waals surface area contributed by atoms with Gasteiger partial charge in [0.2, 0.25) is 5.91 Å². The van der Waals surface area contributed by atoms with E-state index in [4.69, 9.17) is 0 Å². The molecule has 0 radical (unpaired) electrons. The molecule has 1 saturated heterocycles. The fourth-order valence-electron chi connectivity index (χ4n) is 4.24. The zero-order valence-corrected chi connectivity index (χ0v) is 22.2. The monoisotopic (exact) mass is 615 g/mol. The Labute approximate surface area is 236 Å². The summed E-state index contributed by atoms with van der Waals surface area (Å²) in [7, 11) is 0. The molecule has 1 fully saturated rings. The Hall–Kier alpha value is -3.48. The molecule has 0 unspecified atom stereocenters. The lowest BCUT2D eigenvalue weighted by atomic mass is 10.1. The second-order valence-electron chi connectivity index (χ2n) is 9.59. The molecule has 1 aliphatic heterocycles. The first-order valence-electron chi connectivity index (χ1n) is 12.6. The number of carboxylic acids is 3. The van der Waals surface area contributed by atoms with Crippen LogP contribution in [0.2, 0.25) is 0 Å². The minimum absolute atomic E-state index is 0.0136. The zero-order chi connectivity index (χ0) is 31.7. The van der Waals surface area contributed by atoms with E-state index < -0.39 is 72.6 Å². The van der Waals surface area contributed by atoms with Crippen LogP contribution in [0.1, 0.15) is 11.1 Å². The molecule has 0 aromatic heterocycles. The van der Waals surface area contributed by atoms with Gasteiger partial charge in [-0.05, 0) is 18.2 Å². The van der Waals surface area contributed by atoms with E-state index in [0.717, 1.165) is 0 Å². The number of aliphatic carboxylic acids is 3. The largest absolute Gasteiger partial charge is 0.480 e. The van der Waals surface area contributed by atoms with Gasteiger partial charge in [0.1, 0.15) is 0 Å². The Kier molecular flexibility index (Phi) is 12.5. The smallest absolute Gasteiger partial charge is 0.418 e. The molecule has 42 heavy (non-hydrogen) atoms. The van der Waals surface area contributed by atoms with Crippen LogP contribution in [0.25, 0.3) is 0 Å². The summed E-state index contributed by atoms with van der Waals surface area (Å²) in [5.41, 5.74) is -4.12. The number of halogens is 6. The van der Waals surface area contributed by atoms with Gasteiger partial charge in [0.05, 0.1) is 43.0 Å². The summed E-state index contributed by atoms with van der Waals surface area (Å²) >= 11 is 0. The van der Waals surface area contributed by atoms with Crippen LogP contribution >= 0.6 is 0 Å². The van der Waals surface area contributed by atoms with E-state index in [1.807, 2.05) is 5.32 Å². The topological polar surface area (TPSA) is 154 Å². The van der Waals surface area contributed by atoms with Crippen molar-refractivity contribution in [3.8, 4) is 0 Å². The quantitative estimate of drug-likeness (QED) is 0.296. The molecule has 18 heteroatoms. The van der Waals surface area contributed by atoms with Crippen LogP contribution in [0.15, 0.2) is 18.2 Å². The third kappa shape index (κ3) is 12.2. The summed E-state index contributed by atoms with van der Waals surface area (Å²) in [6.45, 7) is -1.13. The fraction of sp³-hybridized carbons (Fsp3) is 0.583. The average Bonchev–Trinajstić information content (AvgIpc) is 2.83. The Morgan fingerprint density at radius 3 is 1.29 bits per heavy atom. The minimum Gasteiger partial charge on any atom is -0.480 e. The predicted molar refractivity (Wildman–Crippen MR) is 134 cm³/mol. The Bertz CT molecular complexity index is 1090. The number of alkyl halides is 6. The van der Waals surface area contributed by atoms with E-state index in [1.165, 1.54) is 19.6 Å². The molecule has 0 atom stereocenters. The van der Waals surface area contributed by atoms with Crippen LogP contribution in [0.5, 0.6) is 0 Å². The third-order valence-electron chi connectivity index (χ3n) is 6.30. The van der Waals surface area contributed by atoms with Crippen molar-refractivity contribution in [1.29, 1.82) is 0 Å². The molecule has 1 aromatic carbocycles. The van der Waals surface area contributed by atoms with Crippen molar-refractivity contribution in [1.82, 2.24) is 19.6 Å². The second-order valence-corrected chi connectivity index (χ2v) is 9.59. The van der Waals surface area contributed by atoms with Gasteiger partial charge in [0.15, 0.2) is 0 Å². The van der Waals surface area contributed by atoms with Crippen molar-refractivity contribution >= 4 is 29.5 Å². The highest BCUT2D eigenvalue weighted by atomic mass is 19.4. The van der Waals surface area contributed by atoms with Crippen LogP contribution < -0.4 is 5.32 Å². The first-order valence-corrected chi connectivity index (χ1v) is 12.6. The number of hydrogen-bond donors (Lipinski definition) is 4. The van der Waals surface area contributed by atoms with Crippen molar-refractivity contribution in [2.45, 2.75) is 12.4 Å². The summed E-state index contributed by atoms with van der Waals surface area (Å²) in [4.78, 5) is 52.7. The molecule has 4 N–H and O–H groups in total. The molecule has 2 rings (SSSR count). The fourth-order valence-corrected chi connectivity index (χ4v) is 4.24. The molecule has 0 bridgehead atoms. The summed E-state index contributed by atoms with van der Waals surface area (Å²) in [5.74, 6) is -4.47. The summed E-state index contributed by atoms with van der Waals surface area (Å²) in [6, 6.07) is 0.807. The lowest BCUT2D eigenvalue weighted by Crippen LogP contribution is -2.49. The van der Waals surface area contributed by atoms with Gasteiger partial charge in [0, 0.05) is 52.4 Å². The number of nitrogens with zero attached hydrogens (tertiary/aromatic N) is 4. The summed E-state index contributed by atoms with van der Waals surface area (Å²) in [6.07, 6.45) is -10.3. The van der Waals surface area contributed by atoms with Gasteiger partial charge in [-0.2, -0.15) is 26.3 Å². The highest BCUT2D eigenvalue weighted by Gasteiger charge is 2.38. The van der Waals surface area contributed by atoms with E-state index in [9.17, 15) is 60.8 Å². The SMILES string of the molecule is O=C(O)CN1CCN(CC(=O)O)CCN(CC(=O)Nc2ccc(C(F)(F)F)cc2C(F)(F)F)CCN(CC(=O)O)CC1. The third-order valence-corrected chi connectivity index (χ3v) is 6.30. The lowest BCUT2D eigenvalue weighted by molar-refractivity contribution is -0.143. The molecule has 1 aliphatic rings. The average molecular weight is 616 g/mol. The molecule has 236 valence electrons. The molecular formula is C24H31F6N5O7. The number of nitrogens with one attached hydrogen (secondary N) is 1. The number of carboxylic acid groups (broad SMARTS) is 3. The number of benzene rings is 1. The van der Waals surface area contributed by atoms with Crippen LogP contribution in [-0.4, -0.2) is 137 Å². The van der Waals surface area contributed by atoms with Crippen LogP contribution in [0.4, 0.5) is 32.0 Å². The standard InChI is InChI=1S/C24H31F6N5O7/c25-23(26,27)16-1-2-18(17(11-16)24(28,29)30)31-19(36)12-32-3-5-33(13-20(37)38)7-9-35(15-22(41)42)10-8-34(6-4-32)14-21(39)40/h1-2,11H,3-10,12-15H2,(H,31,36)(H,37,38)(H,39,40)(H,41,42). The molecule has 1 heterocycles. The molecule has 0 spiro atoms. The molecule has 1 aromatic rings. The number of amides is 1. The van der Waals surface area contributed by atoms with Crippen molar-refractivity contribution in [3.05, 3.63) is 29.3 Å². The van der Waals surface area contributed by atoms with Gasteiger partial charge >= 0.3 is 30.3 Å². The maximum Gasteiger partial charge on any atom is 0.418 e. The normalized spacial score (nSPS) is 17.7. The maximum absolute atomic E-state index is 13.5. The number of carbonyl (C=O) groups is 4. The summed E-state index contributed by atoms with van der Waals surface area (Å²) < 4.78 is 79.4. The highest BCUT2D eigenvalue weighted by Crippen LogP contribution is 2.39. The number of hydrogen-bond acceptors (Lipinski definition) is 8. The first kappa shape index (κ1) is 34.7. The van der Waals surface area contributed by atoms with E-state index in [-0.39, 0.29) is 65.0 Å². The molecule has 1 amide bonds. The zero-order valence-electron chi connectivity index (χ0n) is 22.2. The minimum atomic E-state index is -5.21. The molecule has 0 saturated carbocycles. The summed E-state index contributed by atoms with van der Waals surface area (Å²) in [5, 5.41) is 29.7. The Morgan fingerprint density at radius 1 is 0.619 bits per heavy atom. The van der Waals surface area contributed by atoms with E-state index in [1.54, 1.807) is 0 Å². The van der Waals surface area contributed by atoms with Gasteiger partial charge < -0.3 is 20.6 Å². The number of carbonyl (C=O) groups excluding carboxylic acids is 1. The van der Waals surface area contributed by atoms with Gasteiger partial charge in [-0.1, -0.05) is 0 Å². The molecule has 0 aliphatic carbocycles. The van der Waals surface area contributed by atoms with Gasteiger partial charge in [-0.15, -0.1) is 0 Å². The highest BCUT2D eigenvalue weighted by molar-refractivity contribution is 5.93. The van der Waals surface area contributed by atoms with Crippen molar-refractivity contribution in [2.24, 2.45) is 0 Å². The Morgan fingerprint density at radius 2 is 0.976 bits per heavy atom. The lowest BCUT2D eigenvalue weighted by Gasteiger charge is -2.32. The van der Waals surface area contributed by atoms with Gasteiger partial charge in [-0.3, -0.25) is 38.8 Å². The van der Waals surface area contributed by atoms with Crippen molar-refractivity contribution < 1.29 is 60.8 Å². The maximum atomic E-state index is 13.5. The predicted octanol–water partition coefficient (Wildman–Crippen LogP) is 1.14. The second kappa shape index (κ2) is 15.1. The van der Waals surface area contributed by atoms with Crippen LogP contribution in [0, 0.1) is 0 Å². The Balaban J connectivity index is 2.25. The molecular weight excluding hydrogens is 584 g/mol. The van der Waals surface area contributed by atoms with E-state index in [0.29, 0.717) is 12.1 Å². The molecule has 12 nitrogen and oxygen atoms in total. The number of rotatable bonds is 9. The van der Waals surface area contributed by atoms with Crippen molar-refractivity contribution in [2.75, 3.05) is 83.9 Å². The first-order chi connectivity index (χ1) is 19.4. The van der Waals surface area contributed by atoms with Gasteiger partial charge in [-0.25, -0.2) is 0 Å². The van der Waals surface area contributed by atoms with Gasteiger partial charge in [0.25, 0.3) is 0 Å². The van der Waals surface area contributed by atoms with Crippen LogP contribution in [0.3, 0.4) is 0 Å². The van der Waals surface area contributed by atoms with E-state index in [2.05, 4.69) is 0 Å². The van der Waals surface area contributed by atoms with Crippen molar-refractivity contribution in [3.63, 3.8) is 0 Å².